The number of carbonyl (C=O) groups is 2. The van der Waals surface area contributed by atoms with Crippen LogP contribution in [-0.4, -0.2) is 57.4 Å². The van der Waals surface area contributed by atoms with Crippen molar-refractivity contribution in [1.82, 2.24) is 14.8 Å². The van der Waals surface area contributed by atoms with Gasteiger partial charge in [-0.3, -0.25) is 9.59 Å². The van der Waals surface area contributed by atoms with Crippen LogP contribution < -0.4 is 0 Å². The number of benzene rings is 2. The molecular formula is C29H29N3O4. The van der Waals surface area contributed by atoms with Crippen molar-refractivity contribution in [3.8, 4) is 11.1 Å². The average Bonchev–Trinajstić information content (AvgIpc) is 3.56. The molecule has 0 bridgehead atoms. The van der Waals surface area contributed by atoms with Crippen LogP contribution in [0.1, 0.15) is 41.2 Å². The molecule has 0 spiro atoms. The van der Waals surface area contributed by atoms with Crippen LogP contribution >= 0.6 is 0 Å². The van der Waals surface area contributed by atoms with Crippen LogP contribution in [0.25, 0.3) is 22.0 Å². The van der Waals surface area contributed by atoms with Gasteiger partial charge in [-0.2, -0.15) is 0 Å². The van der Waals surface area contributed by atoms with E-state index in [4.69, 9.17) is 4.42 Å². The molecule has 1 fully saturated rings. The molecule has 0 unspecified atom stereocenters. The first kappa shape index (κ1) is 22.6. The van der Waals surface area contributed by atoms with E-state index in [-0.39, 0.29) is 23.6 Å². The maximum Gasteiger partial charge on any atom is 0.289 e. The third-order valence-corrected chi connectivity index (χ3v) is 7.87. The summed E-state index contributed by atoms with van der Waals surface area (Å²) >= 11 is 0. The fourth-order valence-corrected chi connectivity index (χ4v) is 6.17. The van der Waals surface area contributed by atoms with Gasteiger partial charge in [0.15, 0.2) is 5.76 Å². The van der Waals surface area contributed by atoms with Gasteiger partial charge in [0.1, 0.15) is 0 Å². The van der Waals surface area contributed by atoms with Crippen molar-refractivity contribution in [2.75, 3.05) is 13.6 Å². The SMILES string of the molecule is C[C@H](O)[C@@H]1C(=O)N2CCc3c([nH]c4cccc(-c5ccccc5)c34)[C@@H]2C[C@@H]1N(C)C(=O)c1ccco1. The molecular weight excluding hydrogens is 454 g/mol. The maximum atomic E-state index is 13.7. The molecule has 6 rings (SSSR count). The van der Waals surface area contributed by atoms with Crippen molar-refractivity contribution in [1.29, 1.82) is 0 Å². The Labute approximate surface area is 209 Å². The summed E-state index contributed by atoms with van der Waals surface area (Å²) in [6.07, 6.45) is 1.84. The molecule has 2 aromatic heterocycles. The van der Waals surface area contributed by atoms with E-state index in [1.807, 2.05) is 23.1 Å². The molecule has 2 aliphatic heterocycles. The first-order chi connectivity index (χ1) is 17.5. The number of carbonyl (C=O) groups excluding carboxylic acids is 2. The maximum absolute atomic E-state index is 13.7. The molecule has 0 aliphatic carbocycles. The molecule has 1 saturated heterocycles. The largest absolute Gasteiger partial charge is 0.459 e. The summed E-state index contributed by atoms with van der Waals surface area (Å²) in [6.45, 7) is 2.21. The van der Waals surface area contributed by atoms with Crippen molar-refractivity contribution in [3.63, 3.8) is 0 Å². The second-order valence-corrected chi connectivity index (χ2v) is 9.87. The van der Waals surface area contributed by atoms with Gasteiger partial charge in [-0.1, -0.05) is 42.5 Å². The van der Waals surface area contributed by atoms with Gasteiger partial charge in [0.05, 0.1) is 24.3 Å². The van der Waals surface area contributed by atoms with E-state index >= 15 is 0 Å². The van der Waals surface area contributed by atoms with Crippen LogP contribution in [0.3, 0.4) is 0 Å². The Kier molecular flexibility index (Phi) is 5.45. The monoisotopic (exact) mass is 483 g/mol. The van der Waals surface area contributed by atoms with E-state index < -0.39 is 18.1 Å². The molecule has 7 heteroatoms. The lowest BCUT2D eigenvalue weighted by Crippen LogP contribution is -2.59. The zero-order chi connectivity index (χ0) is 25.0. The summed E-state index contributed by atoms with van der Waals surface area (Å²) in [6, 6.07) is 19.2. The highest BCUT2D eigenvalue weighted by atomic mass is 16.3. The van der Waals surface area contributed by atoms with E-state index in [1.165, 1.54) is 22.8 Å². The molecule has 0 saturated carbocycles. The smallest absolute Gasteiger partial charge is 0.289 e. The van der Waals surface area contributed by atoms with Gasteiger partial charge in [0.25, 0.3) is 5.91 Å². The lowest BCUT2D eigenvalue weighted by atomic mass is 9.79. The molecule has 2 N–H and O–H groups in total. The van der Waals surface area contributed by atoms with Crippen LogP contribution in [-0.2, 0) is 11.2 Å². The Morgan fingerprint density at radius 2 is 1.94 bits per heavy atom. The number of hydrogen-bond donors (Lipinski definition) is 2. The Bertz CT molecular complexity index is 1420. The van der Waals surface area contributed by atoms with Crippen LogP contribution in [0.4, 0.5) is 0 Å². The number of nitrogens with one attached hydrogen (secondary N) is 1. The molecule has 7 nitrogen and oxygen atoms in total. The van der Waals surface area contributed by atoms with Crippen LogP contribution in [0.5, 0.6) is 0 Å². The Balaban J connectivity index is 1.43. The number of aliphatic hydroxyl groups is 1. The Hall–Kier alpha value is -3.84. The zero-order valence-electron chi connectivity index (χ0n) is 20.3. The van der Waals surface area contributed by atoms with Gasteiger partial charge < -0.3 is 24.3 Å². The predicted molar refractivity (Wildman–Crippen MR) is 136 cm³/mol. The normalized spacial score (nSPS) is 22.2. The van der Waals surface area contributed by atoms with E-state index in [2.05, 4.69) is 35.3 Å². The van der Waals surface area contributed by atoms with Crippen molar-refractivity contribution in [3.05, 3.63) is 83.9 Å². The van der Waals surface area contributed by atoms with E-state index in [0.29, 0.717) is 13.0 Å². The Morgan fingerprint density at radius 1 is 1.14 bits per heavy atom. The minimum Gasteiger partial charge on any atom is -0.459 e. The lowest BCUT2D eigenvalue weighted by molar-refractivity contribution is -0.151. The summed E-state index contributed by atoms with van der Waals surface area (Å²) in [5.74, 6) is -0.885. The minimum absolute atomic E-state index is 0.113. The third kappa shape index (κ3) is 3.45. The van der Waals surface area contributed by atoms with Crippen LogP contribution in [0.15, 0.2) is 71.3 Å². The Morgan fingerprint density at radius 3 is 2.67 bits per heavy atom. The molecule has 36 heavy (non-hydrogen) atoms. The highest BCUT2D eigenvalue weighted by Crippen LogP contribution is 2.45. The molecule has 4 heterocycles. The standard InChI is InChI=1S/C29H29N3O4/c1-17(33)25-22(31(2)28(34)24-12-7-15-36-24)16-23-27-20(13-14-32(23)29(25)35)26-19(10-6-11-21(26)30-27)18-8-4-3-5-9-18/h3-12,15,17,22-23,25,30,33H,13-14,16H2,1-2H3/t17-,22-,23-,25-/m0/s1. The van der Waals surface area contributed by atoms with Gasteiger partial charge in [-0.05, 0) is 54.7 Å². The molecule has 4 aromatic rings. The van der Waals surface area contributed by atoms with Crippen molar-refractivity contribution in [2.45, 2.75) is 38.0 Å². The summed E-state index contributed by atoms with van der Waals surface area (Å²) in [5, 5.41) is 11.8. The first-order valence-corrected chi connectivity index (χ1v) is 12.4. The molecule has 4 atom stereocenters. The second kappa shape index (κ2) is 8.68. The minimum atomic E-state index is -0.885. The highest BCUT2D eigenvalue weighted by Gasteiger charge is 2.49. The van der Waals surface area contributed by atoms with Gasteiger partial charge in [0, 0.05) is 36.2 Å². The van der Waals surface area contributed by atoms with Gasteiger partial charge in [-0.25, -0.2) is 0 Å². The third-order valence-electron chi connectivity index (χ3n) is 7.87. The number of fused-ring (bicyclic) bond motifs is 5. The molecule has 2 aliphatic rings. The first-order valence-electron chi connectivity index (χ1n) is 12.4. The van der Waals surface area contributed by atoms with E-state index in [0.717, 1.165) is 23.2 Å². The fourth-order valence-electron chi connectivity index (χ4n) is 6.17. The summed E-state index contributed by atoms with van der Waals surface area (Å²) in [4.78, 5) is 34.0. The van der Waals surface area contributed by atoms with Crippen LogP contribution in [0, 0.1) is 5.92 Å². The van der Waals surface area contributed by atoms with Crippen molar-refractivity contribution < 1.29 is 19.1 Å². The molecule has 0 radical (unpaired) electrons. The quantitative estimate of drug-likeness (QED) is 0.450. The number of amides is 2. The van der Waals surface area contributed by atoms with Gasteiger partial charge in [0.2, 0.25) is 5.91 Å². The van der Waals surface area contributed by atoms with Crippen molar-refractivity contribution in [2.24, 2.45) is 5.92 Å². The predicted octanol–water partition coefficient (Wildman–Crippen LogP) is 4.40. The fraction of sp³-hybridized carbons (Fsp3) is 0.310. The zero-order valence-corrected chi connectivity index (χ0v) is 20.3. The van der Waals surface area contributed by atoms with E-state index in [1.54, 1.807) is 31.0 Å². The van der Waals surface area contributed by atoms with Gasteiger partial charge >= 0.3 is 0 Å². The number of H-pyrrole nitrogens is 1. The highest BCUT2D eigenvalue weighted by molar-refractivity contribution is 5.99. The van der Waals surface area contributed by atoms with Gasteiger partial charge in [-0.15, -0.1) is 0 Å². The van der Waals surface area contributed by atoms with Crippen molar-refractivity contribution >= 4 is 22.7 Å². The second-order valence-electron chi connectivity index (χ2n) is 9.87. The van der Waals surface area contributed by atoms with Crippen LogP contribution in [0.2, 0.25) is 0 Å². The van der Waals surface area contributed by atoms with E-state index in [9.17, 15) is 14.7 Å². The summed E-state index contributed by atoms with van der Waals surface area (Å²) in [5.41, 5.74) is 5.63. The molecule has 2 amide bonds. The summed E-state index contributed by atoms with van der Waals surface area (Å²) in [7, 11) is 1.69. The average molecular weight is 484 g/mol. The summed E-state index contributed by atoms with van der Waals surface area (Å²) < 4.78 is 5.33. The number of nitrogens with zero attached hydrogens (tertiary/aromatic N) is 2. The molecule has 184 valence electrons. The number of rotatable bonds is 4. The number of furan rings is 1. The topological polar surface area (TPSA) is 89.8 Å². The number of aromatic amines is 1. The molecule has 2 aromatic carbocycles. The lowest BCUT2D eigenvalue weighted by Gasteiger charge is -2.48. The number of hydrogen-bond acceptors (Lipinski definition) is 4. The number of piperidine rings is 1. The number of aliphatic hydroxyl groups excluding tert-OH is 1. The number of aromatic nitrogens is 1.